The van der Waals surface area contributed by atoms with Crippen molar-refractivity contribution in [2.75, 3.05) is 19.3 Å². The predicted octanol–water partition coefficient (Wildman–Crippen LogP) is 1.69. The summed E-state index contributed by atoms with van der Waals surface area (Å²) < 4.78 is 25.8. The molecule has 0 saturated carbocycles. The molecule has 0 unspecified atom stereocenters. The summed E-state index contributed by atoms with van der Waals surface area (Å²) in [5.74, 6) is 0. The third kappa shape index (κ3) is 2.68. The topological polar surface area (TPSA) is 63.4 Å². The van der Waals surface area contributed by atoms with Gasteiger partial charge in [0.2, 0.25) is 10.0 Å². The number of sulfonamides is 1. The molecule has 17 heavy (non-hydrogen) atoms. The molecule has 0 aliphatic rings. The first-order valence-electron chi connectivity index (χ1n) is 5.24. The molecule has 2 N–H and O–H groups in total. The Morgan fingerprint density at radius 1 is 1.41 bits per heavy atom. The second kappa shape index (κ2) is 4.89. The molecular weight excluding hydrogens is 236 g/mol. The molecule has 0 spiro atoms. The van der Waals surface area contributed by atoms with Gasteiger partial charge in [-0.05, 0) is 37.1 Å². The summed E-state index contributed by atoms with van der Waals surface area (Å²) in [5, 5.41) is 0. The molecule has 0 aromatic heterocycles. The molecule has 0 aliphatic heterocycles. The van der Waals surface area contributed by atoms with Gasteiger partial charge >= 0.3 is 0 Å². The summed E-state index contributed by atoms with van der Waals surface area (Å²) in [5.41, 5.74) is 7.71. The van der Waals surface area contributed by atoms with E-state index < -0.39 is 10.0 Å². The van der Waals surface area contributed by atoms with E-state index in [2.05, 4.69) is 6.58 Å². The number of nitrogen functional groups attached to an aromatic ring is 1. The fraction of sp³-hybridized carbons (Fsp3) is 0.333. The summed E-state index contributed by atoms with van der Waals surface area (Å²) in [7, 11) is -1.97. The molecule has 0 fully saturated rings. The molecule has 94 valence electrons. The third-order valence-corrected chi connectivity index (χ3v) is 4.57. The van der Waals surface area contributed by atoms with Gasteiger partial charge in [0.05, 0.1) is 4.90 Å². The van der Waals surface area contributed by atoms with E-state index in [4.69, 9.17) is 5.73 Å². The Kier molecular flexibility index (Phi) is 3.95. The third-order valence-electron chi connectivity index (χ3n) is 2.62. The van der Waals surface area contributed by atoms with Crippen LogP contribution in [-0.4, -0.2) is 26.3 Å². The Hall–Kier alpha value is -1.33. The first-order chi connectivity index (χ1) is 7.80. The van der Waals surface area contributed by atoms with Crippen molar-refractivity contribution in [3.63, 3.8) is 0 Å². The van der Waals surface area contributed by atoms with Crippen LogP contribution in [0.15, 0.2) is 29.7 Å². The number of nitrogens with zero attached hydrogens (tertiary/aromatic N) is 1. The Labute approximate surface area is 103 Å². The number of anilines is 1. The monoisotopic (exact) mass is 254 g/mol. The molecule has 0 radical (unpaired) electrons. The second-order valence-corrected chi connectivity index (χ2v) is 6.06. The van der Waals surface area contributed by atoms with Crippen LogP contribution in [0.2, 0.25) is 0 Å². The van der Waals surface area contributed by atoms with E-state index in [0.29, 0.717) is 11.3 Å². The summed E-state index contributed by atoms with van der Waals surface area (Å²) in [6, 6.07) is 3.41. The molecule has 1 aromatic carbocycles. The number of hydrogen-bond acceptors (Lipinski definition) is 3. The summed E-state index contributed by atoms with van der Waals surface area (Å²) in [6.45, 7) is 7.34. The van der Waals surface area contributed by atoms with E-state index in [9.17, 15) is 8.42 Å². The van der Waals surface area contributed by atoms with E-state index >= 15 is 0 Å². The fourth-order valence-electron chi connectivity index (χ4n) is 1.57. The van der Waals surface area contributed by atoms with E-state index in [0.717, 1.165) is 5.56 Å². The molecule has 0 amide bonds. The molecule has 5 heteroatoms. The molecule has 0 saturated heterocycles. The van der Waals surface area contributed by atoms with E-state index in [-0.39, 0.29) is 11.4 Å². The Bertz CT molecular complexity index is 536. The van der Waals surface area contributed by atoms with E-state index in [1.807, 2.05) is 6.92 Å². The minimum Gasteiger partial charge on any atom is -0.398 e. The van der Waals surface area contributed by atoms with Crippen LogP contribution in [0.4, 0.5) is 5.69 Å². The van der Waals surface area contributed by atoms with Gasteiger partial charge in [0, 0.05) is 19.3 Å². The smallest absolute Gasteiger partial charge is 0.243 e. The first-order valence-corrected chi connectivity index (χ1v) is 6.68. The average Bonchev–Trinajstić information content (AvgIpc) is 2.23. The highest BCUT2D eigenvalue weighted by Crippen LogP contribution is 2.25. The van der Waals surface area contributed by atoms with Gasteiger partial charge in [-0.25, -0.2) is 8.42 Å². The molecule has 0 heterocycles. The van der Waals surface area contributed by atoms with Gasteiger partial charge < -0.3 is 5.73 Å². The highest BCUT2D eigenvalue weighted by molar-refractivity contribution is 7.89. The van der Waals surface area contributed by atoms with Crippen LogP contribution in [-0.2, 0) is 10.0 Å². The Morgan fingerprint density at radius 2 is 2.00 bits per heavy atom. The first kappa shape index (κ1) is 13.7. The number of nitrogens with two attached hydrogens (primary N) is 1. The van der Waals surface area contributed by atoms with Gasteiger partial charge in [0.1, 0.15) is 0 Å². The van der Waals surface area contributed by atoms with Crippen LogP contribution in [0.1, 0.15) is 11.1 Å². The van der Waals surface area contributed by atoms with Gasteiger partial charge in [-0.15, -0.1) is 6.58 Å². The second-order valence-electron chi connectivity index (χ2n) is 4.05. The molecule has 1 rings (SSSR count). The van der Waals surface area contributed by atoms with Crippen LogP contribution >= 0.6 is 0 Å². The Balaban J connectivity index is 3.38. The van der Waals surface area contributed by atoms with Crippen molar-refractivity contribution < 1.29 is 8.42 Å². The maximum atomic E-state index is 12.3. The largest absolute Gasteiger partial charge is 0.398 e. The zero-order valence-corrected chi connectivity index (χ0v) is 11.2. The molecule has 0 aliphatic carbocycles. The van der Waals surface area contributed by atoms with Crippen LogP contribution in [0.5, 0.6) is 0 Å². The van der Waals surface area contributed by atoms with Gasteiger partial charge in [-0.3, -0.25) is 0 Å². The van der Waals surface area contributed by atoms with Crippen molar-refractivity contribution in [2.45, 2.75) is 18.7 Å². The lowest BCUT2D eigenvalue weighted by Gasteiger charge is -2.18. The summed E-state index contributed by atoms with van der Waals surface area (Å²) in [4.78, 5) is 0.263. The summed E-state index contributed by atoms with van der Waals surface area (Å²) in [6.07, 6.45) is 1.55. The van der Waals surface area contributed by atoms with Crippen LogP contribution in [0.3, 0.4) is 0 Å². The SMILES string of the molecule is C=CCN(C)S(=O)(=O)c1cc(C)cc(N)c1C. The molecule has 0 bridgehead atoms. The molecule has 1 aromatic rings. The number of likely N-dealkylation sites (N-methyl/N-ethyl adjacent to an activating group) is 1. The van der Waals surface area contributed by atoms with Crippen molar-refractivity contribution in [1.82, 2.24) is 4.31 Å². The van der Waals surface area contributed by atoms with Crippen molar-refractivity contribution >= 4 is 15.7 Å². The zero-order valence-electron chi connectivity index (χ0n) is 10.4. The average molecular weight is 254 g/mol. The van der Waals surface area contributed by atoms with Gasteiger partial charge in [0.25, 0.3) is 0 Å². The number of aryl methyl sites for hydroxylation is 1. The lowest BCUT2D eigenvalue weighted by molar-refractivity contribution is 0.499. The fourth-order valence-corrected chi connectivity index (χ4v) is 3.05. The maximum absolute atomic E-state index is 12.3. The molecular formula is C12H18N2O2S. The predicted molar refractivity (Wildman–Crippen MR) is 70.3 cm³/mol. The van der Waals surface area contributed by atoms with Gasteiger partial charge in [-0.2, -0.15) is 4.31 Å². The number of benzene rings is 1. The lowest BCUT2D eigenvalue weighted by atomic mass is 10.1. The van der Waals surface area contributed by atoms with E-state index in [1.165, 1.54) is 11.4 Å². The summed E-state index contributed by atoms with van der Waals surface area (Å²) >= 11 is 0. The number of rotatable bonds is 4. The number of hydrogen-bond donors (Lipinski definition) is 1. The van der Waals surface area contributed by atoms with E-state index in [1.54, 1.807) is 25.1 Å². The van der Waals surface area contributed by atoms with Crippen LogP contribution in [0.25, 0.3) is 0 Å². The van der Waals surface area contributed by atoms with Crippen molar-refractivity contribution in [1.29, 1.82) is 0 Å². The highest BCUT2D eigenvalue weighted by Gasteiger charge is 2.22. The highest BCUT2D eigenvalue weighted by atomic mass is 32.2. The maximum Gasteiger partial charge on any atom is 0.243 e. The van der Waals surface area contributed by atoms with Gasteiger partial charge in [-0.1, -0.05) is 6.08 Å². The Morgan fingerprint density at radius 3 is 2.53 bits per heavy atom. The van der Waals surface area contributed by atoms with Crippen molar-refractivity contribution in [3.8, 4) is 0 Å². The standard InChI is InChI=1S/C12H18N2O2S/c1-5-6-14(4)17(15,16)12-8-9(2)7-11(13)10(12)3/h5,7-8H,1,6,13H2,2-4H3. The van der Waals surface area contributed by atoms with Crippen molar-refractivity contribution in [3.05, 3.63) is 35.9 Å². The quantitative estimate of drug-likeness (QED) is 0.657. The zero-order chi connectivity index (χ0) is 13.2. The van der Waals surface area contributed by atoms with Crippen molar-refractivity contribution in [2.24, 2.45) is 0 Å². The normalized spacial score (nSPS) is 11.8. The minimum atomic E-state index is -3.49. The minimum absolute atomic E-state index is 0.263. The van der Waals surface area contributed by atoms with Gasteiger partial charge in [0.15, 0.2) is 0 Å². The lowest BCUT2D eigenvalue weighted by Crippen LogP contribution is -2.27. The van der Waals surface area contributed by atoms with Crippen LogP contribution < -0.4 is 5.73 Å². The van der Waals surface area contributed by atoms with Crippen LogP contribution in [0, 0.1) is 13.8 Å². The molecule has 0 atom stereocenters. The molecule has 4 nitrogen and oxygen atoms in total.